The van der Waals surface area contributed by atoms with Gasteiger partial charge in [0.15, 0.2) is 0 Å². The highest BCUT2D eigenvalue weighted by molar-refractivity contribution is 7.45. The minimum absolute atomic E-state index is 0.00729. The summed E-state index contributed by atoms with van der Waals surface area (Å²) in [7, 11) is 1.25. The molecule has 0 aromatic heterocycles. The molecule has 0 aliphatic rings. The van der Waals surface area contributed by atoms with Crippen LogP contribution in [0.25, 0.3) is 0 Å². The molecule has 70 heavy (non-hydrogen) atoms. The zero-order valence-electron chi connectivity index (χ0n) is 47.2. The minimum atomic E-state index is -4.61. The second-order valence-corrected chi connectivity index (χ2v) is 23.5. The summed E-state index contributed by atoms with van der Waals surface area (Å²) in [5.41, 5.74) is 0. The summed E-state index contributed by atoms with van der Waals surface area (Å²) in [6, 6.07) is -0.908. The number of likely N-dealkylation sites (N-methyl/N-ethyl adjacent to an activating group) is 1. The molecule has 0 saturated heterocycles. The van der Waals surface area contributed by atoms with E-state index in [1.54, 1.807) is 6.08 Å². The molecule has 0 spiro atoms. The molecule has 2 N–H and O–H groups in total. The van der Waals surface area contributed by atoms with Crippen LogP contribution < -0.4 is 10.2 Å². The molecular weight excluding hydrogens is 888 g/mol. The van der Waals surface area contributed by atoms with Gasteiger partial charge in [0.05, 0.1) is 39.9 Å². The van der Waals surface area contributed by atoms with E-state index < -0.39 is 26.6 Å². The Labute approximate surface area is 436 Å². The second kappa shape index (κ2) is 52.6. The van der Waals surface area contributed by atoms with Gasteiger partial charge >= 0.3 is 0 Å². The fraction of sp³-hybridized carbons (Fsp3) is 0.885. The second-order valence-electron chi connectivity index (χ2n) is 22.0. The third-order valence-corrected chi connectivity index (χ3v) is 14.8. The summed E-state index contributed by atoms with van der Waals surface area (Å²) in [5.74, 6) is -0.206. The zero-order chi connectivity index (χ0) is 51.3. The van der Waals surface area contributed by atoms with Crippen molar-refractivity contribution in [3.05, 3.63) is 36.5 Å². The van der Waals surface area contributed by atoms with E-state index in [1.165, 1.54) is 231 Å². The zero-order valence-corrected chi connectivity index (χ0v) is 48.1. The lowest BCUT2D eigenvalue weighted by Crippen LogP contribution is -2.45. The number of carbonyl (C=O) groups excluding carboxylic acids is 1. The van der Waals surface area contributed by atoms with Gasteiger partial charge in [-0.25, -0.2) is 0 Å². The van der Waals surface area contributed by atoms with Gasteiger partial charge in [-0.1, -0.05) is 281 Å². The molecule has 0 aliphatic carbocycles. The van der Waals surface area contributed by atoms with Crippen molar-refractivity contribution in [3.63, 3.8) is 0 Å². The van der Waals surface area contributed by atoms with Gasteiger partial charge in [0.2, 0.25) is 5.91 Å². The average molecular weight is 1010 g/mol. The van der Waals surface area contributed by atoms with Crippen molar-refractivity contribution in [1.82, 2.24) is 5.32 Å². The van der Waals surface area contributed by atoms with Crippen LogP contribution in [0.4, 0.5) is 0 Å². The molecule has 8 nitrogen and oxygen atoms in total. The molecule has 0 aromatic rings. The van der Waals surface area contributed by atoms with Gasteiger partial charge in [0.1, 0.15) is 13.2 Å². The van der Waals surface area contributed by atoms with Crippen LogP contribution in [0.1, 0.15) is 296 Å². The Morgan fingerprint density at radius 2 is 0.800 bits per heavy atom. The molecular formula is C61H119N2O6P. The maximum Gasteiger partial charge on any atom is 0.268 e. The van der Waals surface area contributed by atoms with Gasteiger partial charge < -0.3 is 28.8 Å². The number of hydrogen-bond acceptors (Lipinski definition) is 6. The highest BCUT2D eigenvalue weighted by atomic mass is 31.2. The van der Waals surface area contributed by atoms with Gasteiger partial charge in [-0.2, -0.15) is 0 Å². The fourth-order valence-corrected chi connectivity index (χ4v) is 9.79. The summed E-state index contributed by atoms with van der Waals surface area (Å²) < 4.78 is 23.4. The number of aliphatic hydroxyl groups is 1. The quantitative estimate of drug-likeness (QED) is 0.0272. The fourth-order valence-electron chi connectivity index (χ4n) is 9.07. The maximum atomic E-state index is 13.0. The summed E-state index contributed by atoms with van der Waals surface area (Å²) in [4.78, 5) is 25.5. The maximum absolute atomic E-state index is 13.0. The monoisotopic (exact) mass is 1010 g/mol. The number of nitrogens with one attached hydrogen (secondary N) is 1. The first-order valence-corrected chi connectivity index (χ1v) is 31.8. The standard InChI is InChI=1S/C61H119N2O6P/c1-6-8-10-12-14-16-18-20-22-24-26-28-29-30-31-32-33-35-36-38-40-42-44-46-48-50-52-54-60(64)59(58-69-70(66,67)68-57-56-63(3,4)5)62-61(65)55-53-51-49-47-45-43-41-39-37-34-27-25-23-21-19-17-15-13-11-9-7-2/h36,38,44,46,52,54,59-60,64H,6-35,37,39-43,45,47-51,53,55-58H2,1-5H3,(H-,62,65,66,67)/b38-36+,46-44+,54-52+. The summed E-state index contributed by atoms with van der Waals surface area (Å²) in [6.45, 7) is 4.67. The number of aliphatic hydroxyl groups excluding tert-OH is 1. The Morgan fingerprint density at radius 3 is 1.16 bits per heavy atom. The highest BCUT2D eigenvalue weighted by Crippen LogP contribution is 2.38. The molecule has 0 rings (SSSR count). The smallest absolute Gasteiger partial charge is 0.268 e. The average Bonchev–Trinajstić information content (AvgIpc) is 3.32. The molecule has 414 valence electrons. The topological polar surface area (TPSA) is 108 Å². The van der Waals surface area contributed by atoms with Crippen molar-refractivity contribution >= 4 is 13.7 Å². The molecule has 0 aliphatic heterocycles. The van der Waals surface area contributed by atoms with Gasteiger partial charge in [-0.15, -0.1) is 0 Å². The Balaban J connectivity index is 4.23. The third-order valence-electron chi connectivity index (χ3n) is 13.8. The number of amides is 1. The first-order chi connectivity index (χ1) is 34.0. The van der Waals surface area contributed by atoms with Crippen molar-refractivity contribution in [2.24, 2.45) is 0 Å². The van der Waals surface area contributed by atoms with Gasteiger partial charge in [0, 0.05) is 6.42 Å². The molecule has 3 unspecified atom stereocenters. The molecule has 0 heterocycles. The largest absolute Gasteiger partial charge is 0.756 e. The van der Waals surface area contributed by atoms with Crippen molar-refractivity contribution < 1.29 is 32.9 Å². The SMILES string of the molecule is CCCCCCCCCCCCCCCCCCC/C=C/CC/C=C/CC/C=C/C(O)C(COP(=O)([O-])OCC[N+](C)(C)C)NC(=O)CCCCCCCCCCCCCCCCCCCCCCC. The highest BCUT2D eigenvalue weighted by Gasteiger charge is 2.23. The van der Waals surface area contributed by atoms with Gasteiger partial charge in [-0.3, -0.25) is 9.36 Å². The number of hydrogen-bond donors (Lipinski definition) is 2. The molecule has 0 bridgehead atoms. The number of phosphoric ester groups is 1. The van der Waals surface area contributed by atoms with Crippen LogP contribution in [0.15, 0.2) is 36.5 Å². The van der Waals surface area contributed by atoms with Crippen LogP contribution >= 0.6 is 7.82 Å². The van der Waals surface area contributed by atoms with Crippen LogP contribution in [0.2, 0.25) is 0 Å². The van der Waals surface area contributed by atoms with Crippen LogP contribution in [0, 0.1) is 0 Å². The van der Waals surface area contributed by atoms with E-state index in [4.69, 9.17) is 9.05 Å². The van der Waals surface area contributed by atoms with Crippen molar-refractivity contribution in [2.45, 2.75) is 309 Å². The number of nitrogens with zero attached hydrogens (tertiary/aromatic N) is 1. The van der Waals surface area contributed by atoms with E-state index in [2.05, 4.69) is 43.5 Å². The van der Waals surface area contributed by atoms with E-state index in [-0.39, 0.29) is 12.5 Å². The first kappa shape index (κ1) is 68.7. The number of phosphoric acid groups is 1. The molecule has 9 heteroatoms. The lowest BCUT2D eigenvalue weighted by atomic mass is 10.0. The summed E-state index contributed by atoms with van der Waals surface area (Å²) in [6.07, 6.45) is 68.1. The van der Waals surface area contributed by atoms with Crippen LogP contribution in [0.5, 0.6) is 0 Å². The summed E-state index contributed by atoms with van der Waals surface area (Å²) >= 11 is 0. The number of allylic oxidation sites excluding steroid dienone is 5. The third kappa shape index (κ3) is 54.5. The Kier molecular flexibility index (Phi) is 51.6. The Hall–Kier alpha value is -1.28. The number of unbranched alkanes of at least 4 members (excludes halogenated alkanes) is 39. The van der Waals surface area contributed by atoms with Crippen LogP contribution in [-0.2, 0) is 18.4 Å². The Bertz CT molecular complexity index is 1230. The molecule has 0 fully saturated rings. The first-order valence-electron chi connectivity index (χ1n) is 30.4. The lowest BCUT2D eigenvalue weighted by Gasteiger charge is -2.29. The van der Waals surface area contributed by atoms with Crippen molar-refractivity contribution in [1.29, 1.82) is 0 Å². The number of quaternary nitrogens is 1. The van der Waals surface area contributed by atoms with Crippen molar-refractivity contribution in [2.75, 3.05) is 40.9 Å². The molecule has 1 amide bonds. The number of carbonyl (C=O) groups is 1. The van der Waals surface area contributed by atoms with Crippen LogP contribution in [0.3, 0.4) is 0 Å². The summed E-state index contributed by atoms with van der Waals surface area (Å²) in [5, 5.41) is 13.9. The molecule has 0 aromatic carbocycles. The van der Waals surface area contributed by atoms with Crippen molar-refractivity contribution in [3.8, 4) is 0 Å². The number of rotatable bonds is 56. The molecule has 0 saturated carbocycles. The predicted octanol–water partition coefficient (Wildman–Crippen LogP) is 17.9. The van der Waals surface area contributed by atoms with E-state index >= 15 is 0 Å². The lowest BCUT2D eigenvalue weighted by molar-refractivity contribution is -0.870. The van der Waals surface area contributed by atoms with E-state index in [1.807, 2.05) is 27.2 Å². The van der Waals surface area contributed by atoms with E-state index in [0.29, 0.717) is 17.4 Å². The van der Waals surface area contributed by atoms with E-state index in [9.17, 15) is 19.4 Å². The Morgan fingerprint density at radius 1 is 0.486 bits per heavy atom. The van der Waals surface area contributed by atoms with E-state index in [0.717, 1.165) is 44.9 Å². The molecule has 0 radical (unpaired) electrons. The predicted molar refractivity (Wildman–Crippen MR) is 302 cm³/mol. The van der Waals surface area contributed by atoms with Crippen LogP contribution in [-0.4, -0.2) is 68.5 Å². The minimum Gasteiger partial charge on any atom is -0.756 e. The van der Waals surface area contributed by atoms with Gasteiger partial charge in [-0.05, 0) is 44.9 Å². The van der Waals surface area contributed by atoms with Gasteiger partial charge in [0.25, 0.3) is 7.82 Å². The molecule has 3 atom stereocenters. The normalized spacial score (nSPS) is 14.1.